The number of carboxylic acids is 1. The Hall–Kier alpha value is -4.05. The summed E-state index contributed by atoms with van der Waals surface area (Å²) in [5.41, 5.74) is 0. The number of allylic oxidation sites excluding steroid dienone is 18. The normalized spacial score (nSPS) is 13.4. The Kier molecular flexibility index (Phi) is 60.8. The third kappa shape index (κ3) is 65.3. The van der Waals surface area contributed by atoms with Gasteiger partial charge in [-0.05, 0) is 83.5 Å². The molecule has 9 nitrogen and oxygen atoms in total. The molecule has 0 radical (unpaired) electrons. The van der Waals surface area contributed by atoms with E-state index in [2.05, 4.69) is 123 Å². The number of esters is 2. The van der Waals surface area contributed by atoms with Crippen LogP contribution in [0.2, 0.25) is 0 Å². The molecule has 0 aromatic carbocycles. The highest BCUT2D eigenvalue weighted by atomic mass is 16.7. The fourth-order valence-corrected chi connectivity index (χ4v) is 9.36. The molecule has 0 rings (SSSR count). The molecule has 0 saturated heterocycles. The van der Waals surface area contributed by atoms with Crippen LogP contribution in [0.1, 0.15) is 284 Å². The fraction of sp³-hybridized carbons (Fsp3) is 0.716. The third-order valence-corrected chi connectivity index (χ3v) is 14.5. The second-order valence-corrected chi connectivity index (χ2v) is 23.8. The van der Waals surface area contributed by atoms with Gasteiger partial charge in [-0.25, -0.2) is 4.79 Å². The molecule has 83 heavy (non-hydrogen) atoms. The van der Waals surface area contributed by atoms with Gasteiger partial charge in [0.25, 0.3) is 6.29 Å². The number of unbranched alkanes of at least 4 members (excludes halogenated alkanes) is 29. The highest BCUT2D eigenvalue weighted by molar-refractivity contribution is 5.71. The molecule has 0 aromatic rings. The molecule has 0 amide bonds. The van der Waals surface area contributed by atoms with Gasteiger partial charge in [0, 0.05) is 12.8 Å². The minimum absolute atomic E-state index is 0.182. The molecule has 0 aliphatic heterocycles. The zero-order valence-electron chi connectivity index (χ0n) is 54.3. The Morgan fingerprint density at radius 3 is 1.02 bits per heavy atom. The predicted octanol–water partition coefficient (Wildman–Crippen LogP) is 21.0. The number of ether oxygens (including phenoxy) is 4. The molecule has 0 fully saturated rings. The van der Waals surface area contributed by atoms with Crippen LogP contribution in [0.25, 0.3) is 0 Å². The highest BCUT2D eigenvalue weighted by Crippen LogP contribution is 2.17. The van der Waals surface area contributed by atoms with Crippen molar-refractivity contribution in [1.29, 1.82) is 0 Å². The van der Waals surface area contributed by atoms with Gasteiger partial charge in [-0.3, -0.25) is 9.59 Å². The van der Waals surface area contributed by atoms with E-state index >= 15 is 0 Å². The van der Waals surface area contributed by atoms with E-state index in [1.807, 2.05) is 21.1 Å². The highest BCUT2D eigenvalue weighted by Gasteiger charge is 2.25. The summed E-state index contributed by atoms with van der Waals surface area (Å²) in [6, 6.07) is 0. The van der Waals surface area contributed by atoms with Crippen molar-refractivity contribution in [2.45, 2.75) is 296 Å². The van der Waals surface area contributed by atoms with E-state index < -0.39 is 24.3 Å². The minimum Gasteiger partial charge on any atom is -0.477 e. The van der Waals surface area contributed by atoms with Crippen molar-refractivity contribution in [3.05, 3.63) is 109 Å². The Balaban J connectivity index is 4.08. The molecule has 0 spiro atoms. The van der Waals surface area contributed by atoms with E-state index in [0.29, 0.717) is 17.4 Å². The largest absolute Gasteiger partial charge is 0.477 e. The molecule has 2 unspecified atom stereocenters. The average molecular weight is 1160 g/mol. The lowest BCUT2D eigenvalue weighted by Crippen LogP contribution is -2.40. The van der Waals surface area contributed by atoms with Crippen LogP contribution in [0, 0.1) is 0 Å². The van der Waals surface area contributed by atoms with Crippen LogP contribution in [0.15, 0.2) is 109 Å². The molecule has 9 heteroatoms. The van der Waals surface area contributed by atoms with E-state index in [0.717, 1.165) is 103 Å². The Morgan fingerprint density at radius 2 is 0.687 bits per heavy atom. The van der Waals surface area contributed by atoms with Crippen LogP contribution in [0.4, 0.5) is 0 Å². The lowest BCUT2D eigenvalue weighted by molar-refractivity contribution is -0.870. The van der Waals surface area contributed by atoms with E-state index in [4.69, 9.17) is 18.9 Å². The number of carboxylic acid groups (broad SMARTS) is 1. The monoisotopic (exact) mass is 1160 g/mol. The summed E-state index contributed by atoms with van der Waals surface area (Å²) >= 11 is 0. The number of likely N-dealkylation sites (N-methyl/N-ethyl adjacent to an activating group) is 1. The molecule has 0 bridgehead atoms. The van der Waals surface area contributed by atoms with Gasteiger partial charge < -0.3 is 28.5 Å². The third-order valence-electron chi connectivity index (χ3n) is 14.5. The minimum atomic E-state index is -1.51. The smallest absolute Gasteiger partial charge is 0.361 e. The first kappa shape index (κ1) is 79.0. The van der Waals surface area contributed by atoms with E-state index in [1.54, 1.807) is 0 Å². The molecule has 1 N–H and O–H groups in total. The molecular weight excluding hydrogens is 1030 g/mol. The van der Waals surface area contributed by atoms with Crippen molar-refractivity contribution >= 4 is 17.9 Å². The van der Waals surface area contributed by atoms with Crippen molar-refractivity contribution in [2.24, 2.45) is 0 Å². The Labute approximate surface area is 511 Å². The van der Waals surface area contributed by atoms with Gasteiger partial charge in [-0.15, -0.1) is 0 Å². The SMILES string of the molecule is CC/C=C\C/C=C\C/C=C\C/C=C\C/C=C\C/C=C\C/C=C\C/C=C\C/C=C\CCCCCCCCCCCCCCCC(=O)OC(COC(=O)CCCCCCCCCCCCCCCCCCC)COC(OCC[N+](C)(C)C)C(=O)O. The van der Waals surface area contributed by atoms with Crippen LogP contribution in [0.3, 0.4) is 0 Å². The van der Waals surface area contributed by atoms with Crippen molar-refractivity contribution in [3.63, 3.8) is 0 Å². The number of hydrogen-bond acceptors (Lipinski definition) is 7. The molecule has 476 valence electrons. The van der Waals surface area contributed by atoms with E-state index in [-0.39, 0.29) is 32.2 Å². The lowest BCUT2D eigenvalue weighted by Gasteiger charge is -2.25. The summed E-state index contributed by atoms with van der Waals surface area (Å²) in [7, 11) is 5.97. The lowest BCUT2D eigenvalue weighted by atomic mass is 10.0. The number of carbonyl (C=O) groups is 3. The standard InChI is InChI=1S/C74H127NO8/c1-6-8-10-12-14-16-18-20-22-24-25-26-27-28-29-30-31-32-33-34-35-36-37-38-39-40-41-42-43-44-45-46-47-49-51-53-55-57-59-61-63-65-72(77)83-70(69-82-74(73(78)79)80-67-66-75(3,4)5)68-81-71(76)64-62-60-58-56-54-52-50-48-23-21-19-17-15-13-11-9-7-2/h8,10,14,16,20,22,25-26,28-29,31-32,34-35,37-38,40-41,70,74H,6-7,9,11-13,15,17-19,21,23-24,27,30,33,36,39,42-69H2,1-5H3/p+1/b10-8-,16-14-,22-20-,26-25-,29-28-,32-31-,35-34-,38-37-,41-40-. The van der Waals surface area contributed by atoms with Gasteiger partial charge in [0.2, 0.25) is 0 Å². The molecule has 0 saturated carbocycles. The second kappa shape index (κ2) is 64.0. The van der Waals surface area contributed by atoms with Gasteiger partial charge >= 0.3 is 17.9 Å². The van der Waals surface area contributed by atoms with Gasteiger partial charge in [-0.1, -0.05) is 297 Å². The van der Waals surface area contributed by atoms with Crippen LogP contribution < -0.4 is 0 Å². The molecular formula is C74H128NO8+. The topological polar surface area (TPSA) is 108 Å². The van der Waals surface area contributed by atoms with Crippen molar-refractivity contribution in [1.82, 2.24) is 0 Å². The fourth-order valence-electron chi connectivity index (χ4n) is 9.36. The zero-order valence-corrected chi connectivity index (χ0v) is 54.3. The number of carbonyl (C=O) groups excluding carboxylic acids is 2. The van der Waals surface area contributed by atoms with Gasteiger partial charge in [-0.2, -0.15) is 0 Å². The van der Waals surface area contributed by atoms with E-state index in [1.165, 1.54) is 154 Å². The second-order valence-electron chi connectivity index (χ2n) is 23.8. The first-order valence-electron chi connectivity index (χ1n) is 34.1. The summed E-state index contributed by atoms with van der Waals surface area (Å²) in [5, 5.41) is 9.73. The first-order valence-corrected chi connectivity index (χ1v) is 34.1. The first-order chi connectivity index (χ1) is 40.6. The number of aliphatic carboxylic acids is 1. The molecule has 2 atom stereocenters. The van der Waals surface area contributed by atoms with Crippen LogP contribution in [0.5, 0.6) is 0 Å². The number of quaternary nitrogens is 1. The number of nitrogens with zero attached hydrogens (tertiary/aromatic N) is 1. The van der Waals surface area contributed by atoms with Crippen molar-refractivity contribution in [3.8, 4) is 0 Å². The maximum absolute atomic E-state index is 12.9. The number of rotatable bonds is 62. The average Bonchev–Trinajstić information content (AvgIpc) is 3.46. The molecule has 0 aliphatic rings. The van der Waals surface area contributed by atoms with Crippen molar-refractivity contribution in [2.75, 3.05) is 47.5 Å². The Morgan fingerprint density at radius 1 is 0.373 bits per heavy atom. The summed E-state index contributed by atoms with van der Waals surface area (Å²) in [5.74, 6) is -2.00. The molecule has 0 heterocycles. The number of hydrogen-bond donors (Lipinski definition) is 1. The van der Waals surface area contributed by atoms with Crippen LogP contribution >= 0.6 is 0 Å². The Bertz CT molecular complexity index is 1730. The molecule has 0 aliphatic carbocycles. The van der Waals surface area contributed by atoms with E-state index in [9.17, 15) is 19.5 Å². The summed E-state index contributed by atoms with van der Waals surface area (Å²) in [4.78, 5) is 37.5. The van der Waals surface area contributed by atoms with Gasteiger partial charge in [0.05, 0.1) is 34.4 Å². The van der Waals surface area contributed by atoms with Gasteiger partial charge in [0.15, 0.2) is 6.10 Å². The summed E-state index contributed by atoms with van der Waals surface area (Å²) < 4.78 is 22.9. The van der Waals surface area contributed by atoms with Gasteiger partial charge in [0.1, 0.15) is 13.2 Å². The maximum Gasteiger partial charge on any atom is 0.361 e. The van der Waals surface area contributed by atoms with Crippen molar-refractivity contribution < 1.29 is 42.9 Å². The summed E-state index contributed by atoms with van der Waals surface area (Å²) in [6.45, 7) is 4.79. The van der Waals surface area contributed by atoms with Crippen LogP contribution in [-0.2, 0) is 33.3 Å². The zero-order chi connectivity index (χ0) is 60.5. The quantitative estimate of drug-likeness (QED) is 0.0211. The van der Waals surface area contributed by atoms with Crippen LogP contribution in [-0.4, -0.2) is 87.4 Å². The predicted molar refractivity (Wildman–Crippen MR) is 355 cm³/mol. The molecule has 0 aromatic heterocycles. The maximum atomic E-state index is 12.9. The summed E-state index contributed by atoms with van der Waals surface area (Å²) in [6.07, 6.45) is 86.2.